The minimum atomic E-state index is -3.38. The van der Waals surface area contributed by atoms with Gasteiger partial charge in [-0.05, 0) is 42.5 Å². The summed E-state index contributed by atoms with van der Waals surface area (Å²) in [6, 6.07) is 7.06. The number of carbonyl (C=O) groups excluding carboxylic acids is 1. The number of anilines is 2. The van der Waals surface area contributed by atoms with Gasteiger partial charge in [-0.1, -0.05) is 19.9 Å². The van der Waals surface area contributed by atoms with E-state index in [0.29, 0.717) is 23.6 Å². The minimum absolute atomic E-state index is 0.142. The second-order valence-corrected chi connectivity index (χ2v) is 9.38. The van der Waals surface area contributed by atoms with Gasteiger partial charge in [0.1, 0.15) is 12.0 Å². The van der Waals surface area contributed by atoms with Gasteiger partial charge in [-0.2, -0.15) is 9.61 Å². The first-order chi connectivity index (χ1) is 13.7. The van der Waals surface area contributed by atoms with E-state index in [-0.39, 0.29) is 17.5 Å². The molecule has 0 fully saturated rings. The molecule has 0 unspecified atom stereocenters. The van der Waals surface area contributed by atoms with E-state index in [1.165, 1.54) is 21.4 Å². The standard InChI is InChI=1S/C19H22N6O3S/c1-12(2)15-10-16(23-24-11-20-22-18(15)24)19(26)21-14-7-6-13-5-4-8-25(17(13)9-14)29(3,27)28/h6-7,9-12H,4-5,8H2,1-3H3,(H,21,26). The zero-order chi connectivity index (χ0) is 20.8. The number of amides is 1. The average Bonchev–Trinajstić information content (AvgIpc) is 3.14. The Morgan fingerprint density at radius 3 is 2.76 bits per heavy atom. The molecule has 0 spiro atoms. The van der Waals surface area contributed by atoms with Crippen molar-refractivity contribution in [3.05, 3.63) is 47.4 Å². The van der Waals surface area contributed by atoms with Crippen molar-refractivity contribution >= 4 is 33.0 Å². The zero-order valence-electron chi connectivity index (χ0n) is 16.5. The molecule has 0 saturated carbocycles. The Labute approximate surface area is 168 Å². The normalized spacial score (nSPS) is 14.3. The fourth-order valence-corrected chi connectivity index (χ4v) is 4.53. The van der Waals surface area contributed by atoms with Crippen molar-refractivity contribution in [3.8, 4) is 0 Å². The molecule has 3 aromatic rings. The summed E-state index contributed by atoms with van der Waals surface area (Å²) in [6.07, 6.45) is 4.23. The van der Waals surface area contributed by atoms with E-state index in [1.807, 2.05) is 19.9 Å². The number of sulfonamides is 1. The van der Waals surface area contributed by atoms with Crippen LogP contribution in [0.2, 0.25) is 0 Å². The van der Waals surface area contributed by atoms with Gasteiger partial charge in [0.05, 0.1) is 11.9 Å². The molecule has 4 rings (SSSR count). The van der Waals surface area contributed by atoms with Crippen LogP contribution in [-0.2, 0) is 16.4 Å². The second-order valence-electron chi connectivity index (χ2n) is 7.48. The van der Waals surface area contributed by atoms with Gasteiger partial charge in [0.25, 0.3) is 5.91 Å². The number of hydrogen-bond acceptors (Lipinski definition) is 6. The van der Waals surface area contributed by atoms with Gasteiger partial charge in [-0.15, -0.1) is 10.2 Å². The third-order valence-corrected chi connectivity index (χ3v) is 6.15. The van der Waals surface area contributed by atoms with Crippen molar-refractivity contribution in [2.45, 2.75) is 32.6 Å². The van der Waals surface area contributed by atoms with E-state index in [1.54, 1.807) is 18.2 Å². The first-order valence-electron chi connectivity index (χ1n) is 9.37. The Bertz CT molecular complexity index is 1200. The van der Waals surface area contributed by atoms with Gasteiger partial charge in [0, 0.05) is 17.8 Å². The van der Waals surface area contributed by atoms with Crippen molar-refractivity contribution in [1.29, 1.82) is 0 Å². The molecule has 10 heteroatoms. The number of hydrogen-bond donors (Lipinski definition) is 1. The first kappa shape index (κ1) is 19.3. The maximum atomic E-state index is 12.8. The van der Waals surface area contributed by atoms with Crippen molar-refractivity contribution in [2.24, 2.45) is 0 Å². The lowest BCUT2D eigenvalue weighted by atomic mass is 10.0. The molecule has 1 aliphatic heterocycles. The highest BCUT2D eigenvalue weighted by atomic mass is 32.2. The predicted octanol–water partition coefficient (Wildman–Crippen LogP) is 2.21. The molecular formula is C19H22N6O3S. The molecule has 29 heavy (non-hydrogen) atoms. The van der Waals surface area contributed by atoms with E-state index in [0.717, 1.165) is 24.0 Å². The lowest BCUT2D eigenvalue weighted by molar-refractivity contribution is 0.102. The molecule has 0 aliphatic carbocycles. The van der Waals surface area contributed by atoms with Crippen LogP contribution in [0.1, 0.15) is 47.8 Å². The monoisotopic (exact) mass is 414 g/mol. The van der Waals surface area contributed by atoms with Crippen LogP contribution in [0.5, 0.6) is 0 Å². The molecule has 9 nitrogen and oxygen atoms in total. The summed E-state index contributed by atoms with van der Waals surface area (Å²) in [5, 5.41) is 15.0. The summed E-state index contributed by atoms with van der Waals surface area (Å²) in [5.41, 5.74) is 3.80. The number of aryl methyl sites for hydroxylation is 1. The fraction of sp³-hybridized carbons (Fsp3) is 0.368. The molecule has 1 N–H and O–H groups in total. The van der Waals surface area contributed by atoms with Crippen LogP contribution < -0.4 is 9.62 Å². The zero-order valence-corrected chi connectivity index (χ0v) is 17.3. The summed E-state index contributed by atoms with van der Waals surface area (Å²) in [4.78, 5) is 12.8. The van der Waals surface area contributed by atoms with Crippen LogP contribution in [0.4, 0.5) is 11.4 Å². The molecule has 0 bridgehead atoms. The lowest BCUT2D eigenvalue weighted by Crippen LogP contribution is -2.34. The Balaban J connectivity index is 1.67. The number of fused-ring (bicyclic) bond motifs is 2. The number of nitrogens with one attached hydrogen (secondary N) is 1. The van der Waals surface area contributed by atoms with E-state index in [4.69, 9.17) is 0 Å². The van der Waals surface area contributed by atoms with Crippen molar-refractivity contribution in [2.75, 3.05) is 22.4 Å². The highest BCUT2D eigenvalue weighted by molar-refractivity contribution is 7.92. The third-order valence-electron chi connectivity index (χ3n) is 4.97. The van der Waals surface area contributed by atoms with E-state index in [2.05, 4.69) is 20.6 Å². The summed E-state index contributed by atoms with van der Waals surface area (Å²) in [7, 11) is -3.38. The molecule has 0 atom stereocenters. The molecule has 1 aromatic carbocycles. The Hall–Kier alpha value is -3.01. The molecule has 3 heterocycles. The Morgan fingerprint density at radius 1 is 1.24 bits per heavy atom. The van der Waals surface area contributed by atoms with Crippen LogP contribution in [0.15, 0.2) is 30.6 Å². The van der Waals surface area contributed by atoms with Crippen LogP contribution in [0.25, 0.3) is 5.65 Å². The van der Waals surface area contributed by atoms with Crippen LogP contribution in [0.3, 0.4) is 0 Å². The van der Waals surface area contributed by atoms with Gasteiger partial charge in [-0.25, -0.2) is 8.42 Å². The number of rotatable bonds is 4. The van der Waals surface area contributed by atoms with E-state index in [9.17, 15) is 13.2 Å². The number of benzene rings is 1. The first-order valence-corrected chi connectivity index (χ1v) is 11.2. The SMILES string of the molecule is CC(C)c1cc(C(=O)Nc2ccc3c(c2)N(S(C)(=O)=O)CCC3)nn2cnnc12. The van der Waals surface area contributed by atoms with Crippen LogP contribution in [-0.4, -0.2) is 46.9 Å². The summed E-state index contributed by atoms with van der Waals surface area (Å²) in [5.74, 6) is -0.243. The molecule has 1 aliphatic rings. The maximum Gasteiger partial charge on any atom is 0.276 e. The average molecular weight is 414 g/mol. The van der Waals surface area contributed by atoms with Crippen LogP contribution >= 0.6 is 0 Å². The number of aromatic nitrogens is 4. The van der Waals surface area contributed by atoms with Crippen LogP contribution in [0, 0.1) is 0 Å². The number of carbonyl (C=O) groups is 1. The molecule has 152 valence electrons. The highest BCUT2D eigenvalue weighted by Gasteiger charge is 2.24. The molecule has 0 radical (unpaired) electrons. The summed E-state index contributed by atoms with van der Waals surface area (Å²) < 4.78 is 27.1. The summed E-state index contributed by atoms with van der Waals surface area (Å²) in [6.45, 7) is 4.46. The quantitative estimate of drug-likeness (QED) is 0.701. The van der Waals surface area contributed by atoms with Gasteiger partial charge in [-0.3, -0.25) is 9.10 Å². The minimum Gasteiger partial charge on any atom is -0.321 e. The van der Waals surface area contributed by atoms with Crippen molar-refractivity contribution in [3.63, 3.8) is 0 Å². The van der Waals surface area contributed by atoms with Gasteiger partial charge < -0.3 is 5.32 Å². The number of nitrogens with zero attached hydrogens (tertiary/aromatic N) is 5. The molecule has 2 aromatic heterocycles. The Kier molecular flexibility index (Phi) is 4.73. The Morgan fingerprint density at radius 2 is 2.03 bits per heavy atom. The van der Waals surface area contributed by atoms with Gasteiger partial charge in [0.2, 0.25) is 10.0 Å². The highest BCUT2D eigenvalue weighted by Crippen LogP contribution is 2.32. The largest absolute Gasteiger partial charge is 0.321 e. The van der Waals surface area contributed by atoms with Gasteiger partial charge in [0.15, 0.2) is 5.65 Å². The lowest BCUT2D eigenvalue weighted by Gasteiger charge is -2.29. The second kappa shape index (κ2) is 7.11. The van der Waals surface area contributed by atoms with E-state index < -0.39 is 10.0 Å². The predicted molar refractivity (Wildman–Crippen MR) is 110 cm³/mol. The fourth-order valence-electron chi connectivity index (χ4n) is 3.54. The van der Waals surface area contributed by atoms with Crippen molar-refractivity contribution in [1.82, 2.24) is 19.8 Å². The van der Waals surface area contributed by atoms with Crippen molar-refractivity contribution < 1.29 is 13.2 Å². The van der Waals surface area contributed by atoms with Gasteiger partial charge >= 0.3 is 0 Å². The molecule has 1 amide bonds. The van der Waals surface area contributed by atoms with E-state index >= 15 is 0 Å². The maximum absolute atomic E-state index is 12.8. The molecular weight excluding hydrogens is 392 g/mol. The summed E-state index contributed by atoms with van der Waals surface area (Å²) >= 11 is 0. The smallest absolute Gasteiger partial charge is 0.276 e. The molecule has 0 saturated heterocycles. The topological polar surface area (TPSA) is 110 Å². The third kappa shape index (κ3) is 3.67.